The normalized spacial score (nSPS) is 15.5. The van der Waals surface area contributed by atoms with Crippen LogP contribution in [0.1, 0.15) is 44.9 Å². The zero-order valence-corrected chi connectivity index (χ0v) is 12.8. The Hall–Kier alpha value is -1.01. The fraction of sp³-hybridized carbons (Fsp3) is 0.615. The molecule has 0 unspecified atom stereocenters. The van der Waals surface area contributed by atoms with Crippen molar-refractivity contribution >= 4 is 35.6 Å². The minimum Gasteiger partial charge on any atom is -0.338 e. The third-order valence-electron chi connectivity index (χ3n) is 3.55. The SMILES string of the molecule is CC(C)CCn1c(=S)[nH]c(=S)c2[nH]c(C3CC3)nc21. The molecular formula is C13H18N4S2. The molecule has 1 fully saturated rings. The highest BCUT2D eigenvalue weighted by Crippen LogP contribution is 2.39. The largest absolute Gasteiger partial charge is 0.338 e. The quantitative estimate of drug-likeness (QED) is 0.836. The van der Waals surface area contributed by atoms with E-state index in [-0.39, 0.29) is 0 Å². The molecule has 0 atom stereocenters. The number of hydrogen-bond acceptors (Lipinski definition) is 3. The number of aryl methyl sites for hydroxylation is 1. The van der Waals surface area contributed by atoms with Crippen LogP contribution >= 0.6 is 24.4 Å². The van der Waals surface area contributed by atoms with Crippen molar-refractivity contribution in [3.8, 4) is 0 Å². The molecule has 2 N–H and O–H groups in total. The van der Waals surface area contributed by atoms with Crippen molar-refractivity contribution in [3.05, 3.63) is 15.2 Å². The summed E-state index contributed by atoms with van der Waals surface area (Å²) in [6.45, 7) is 5.31. The maximum absolute atomic E-state index is 5.40. The van der Waals surface area contributed by atoms with E-state index in [4.69, 9.17) is 29.4 Å². The van der Waals surface area contributed by atoms with Crippen LogP contribution in [0, 0.1) is 15.3 Å². The third kappa shape index (κ3) is 2.51. The molecule has 2 aromatic rings. The van der Waals surface area contributed by atoms with Gasteiger partial charge in [-0.15, -0.1) is 0 Å². The van der Waals surface area contributed by atoms with Gasteiger partial charge >= 0.3 is 0 Å². The first kappa shape index (κ1) is 13.0. The van der Waals surface area contributed by atoms with Gasteiger partial charge < -0.3 is 14.5 Å². The number of hydrogen-bond donors (Lipinski definition) is 2. The molecule has 0 saturated heterocycles. The number of rotatable bonds is 4. The van der Waals surface area contributed by atoms with Crippen LogP contribution < -0.4 is 0 Å². The van der Waals surface area contributed by atoms with E-state index in [1.165, 1.54) is 12.8 Å². The van der Waals surface area contributed by atoms with Crippen LogP contribution in [-0.2, 0) is 6.54 Å². The third-order valence-corrected chi connectivity index (χ3v) is 4.17. The van der Waals surface area contributed by atoms with E-state index in [9.17, 15) is 0 Å². The number of H-pyrrole nitrogens is 2. The van der Waals surface area contributed by atoms with E-state index < -0.39 is 0 Å². The number of nitrogens with zero attached hydrogens (tertiary/aromatic N) is 2. The first-order chi connectivity index (χ1) is 9.06. The van der Waals surface area contributed by atoms with Gasteiger partial charge in [0.2, 0.25) is 0 Å². The van der Waals surface area contributed by atoms with Gasteiger partial charge in [-0.2, -0.15) is 0 Å². The molecular weight excluding hydrogens is 276 g/mol. The lowest BCUT2D eigenvalue weighted by Crippen LogP contribution is -2.07. The zero-order chi connectivity index (χ0) is 13.6. The fourth-order valence-electron chi connectivity index (χ4n) is 2.20. The van der Waals surface area contributed by atoms with E-state index in [0.29, 0.717) is 21.2 Å². The van der Waals surface area contributed by atoms with E-state index in [1.54, 1.807) is 0 Å². The summed E-state index contributed by atoms with van der Waals surface area (Å²) in [5.74, 6) is 2.30. The standard InChI is InChI=1S/C13H18N4S2/c1-7(2)5-6-17-11-9(12(18)16-13(17)19)14-10(15-11)8-3-4-8/h7-8H,3-6H2,1-2H3,(H,14,15)(H,16,18,19). The molecule has 1 saturated carbocycles. The van der Waals surface area contributed by atoms with Crippen LogP contribution in [-0.4, -0.2) is 19.5 Å². The van der Waals surface area contributed by atoms with Crippen LogP contribution in [0.4, 0.5) is 0 Å². The zero-order valence-electron chi connectivity index (χ0n) is 11.2. The maximum Gasteiger partial charge on any atom is 0.179 e. The molecule has 2 aromatic heterocycles. The lowest BCUT2D eigenvalue weighted by Gasteiger charge is -2.09. The Kier molecular flexibility index (Phi) is 3.30. The van der Waals surface area contributed by atoms with Gasteiger partial charge in [-0.3, -0.25) is 0 Å². The summed E-state index contributed by atoms with van der Waals surface area (Å²) in [6, 6.07) is 0. The van der Waals surface area contributed by atoms with Gasteiger partial charge in [-0.05, 0) is 37.4 Å². The molecule has 4 nitrogen and oxygen atoms in total. The molecule has 0 radical (unpaired) electrons. The molecule has 3 rings (SSSR count). The lowest BCUT2D eigenvalue weighted by molar-refractivity contribution is 0.515. The minimum atomic E-state index is 0.592. The van der Waals surface area contributed by atoms with Crippen LogP contribution in [0.15, 0.2) is 0 Å². The molecule has 0 amide bonds. The van der Waals surface area contributed by atoms with Crippen molar-refractivity contribution in [1.29, 1.82) is 0 Å². The van der Waals surface area contributed by atoms with Gasteiger partial charge in [0.05, 0.1) is 0 Å². The van der Waals surface area contributed by atoms with Crippen LogP contribution in [0.5, 0.6) is 0 Å². The summed E-state index contributed by atoms with van der Waals surface area (Å²) >= 11 is 10.7. The molecule has 1 aliphatic rings. The molecule has 1 aliphatic carbocycles. The second-order valence-electron chi connectivity index (χ2n) is 5.69. The highest BCUT2D eigenvalue weighted by atomic mass is 32.1. The molecule has 2 heterocycles. The van der Waals surface area contributed by atoms with Crippen LogP contribution in [0.3, 0.4) is 0 Å². The average molecular weight is 294 g/mol. The Labute approximate surface area is 122 Å². The lowest BCUT2D eigenvalue weighted by atomic mass is 10.1. The van der Waals surface area contributed by atoms with E-state index >= 15 is 0 Å². The monoisotopic (exact) mass is 294 g/mol. The molecule has 0 spiro atoms. The number of fused-ring (bicyclic) bond motifs is 1. The van der Waals surface area contributed by atoms with Crippen molar-refractivity contribution in [2.24, 2.45) is 5.92 Å². The van der Waals surface area contributed by atoms with Crippen LogP contribution in [0.25, 0.3) is 11.2 Å². The summed E-state index contributed by atoms with van der Waals surface area (Å²) in [4.78, 5) is 11.2. The number of imidazole rings is 1. The summed E-state index contributed by atoms with van der Waals surface area (Å²) in [7, 11) is 0. The van der Waals surface area contributed by atoms with Crippen molar-refractivity contribution in [2.45, 2.75) is 45.6 Å². The Morgan fingerprint density at radius 1 is 1.32 bits per heavy atom. The van der Waals surface area contributed by atoms with Gasteiger partial charge in [0, 0.05) is 12.5 Å². The maximum atomic E-state index is 5.40. The van der Waals surface area contributed by atoms with Gasteiger partial charge in [-0.25, -0.2) is 4.98 Å². The fourth-order valence-corrected chi connectivity index (χ4v) is 2.79. The van der Waals surface area contributed by atoms with Crippen molar-refractivity contribution in [3.63, 3.8) is 0 Å². The number of nitrogens with one attached hydrogen (secondary N) is 2. The Morgan fingerprint density at radius 2 is 2.05 bits per heavy atom. The molecule has 19 heavy (non-hydrogen) atoms. The van der Waals surface area contributed by atoms with E-state index in [1.807, 2.05) is 0 Å². The van der Waals surface area contributed by atoms with E-state index in [2.05, 4.69) is 28.4 Å². The predicted octanol–water partition coefficient (Wildman–Crippen LogP) is 4.07. The van der Waals surface area contributed by atoms with Crippen LogP contribution in [0.2, 0.25) is 0 Å². The average Bonchev–Trinajstić information content (AvgIpc) is 3.08. The first-order valence-corrected chi connectivity index (χ1v) is 7.60. The topological polar surface area (TPSA) is 49.4 Å². The second-order valence-corrected chi connectivity index (χ2v) is 6.48. The van der Waals surface area contributed by atoms with Gasteiger partial charge in [0.1, 0.15) is 16.0 Å². The predicted molar refractivity (Wildman–Crippen MR) is 81.5 cm³/mol. The molecule has 0 bridgehead atoms. The molecule has 0 aliphatic heterocycles. The van der Waals surface area contributed by atoms with Gasteiger partial charge in [0.25, 0.3) is 0 Å². The highest BCUT2D eigenvalue weighted by Gasteiger charge is 2.27. The number of aromatic nitrogens is 4. The molecule has 102 valence electrons. The van der Waals surface area contributed by atoms with Crippen molar-refractivity contribution in [2.75, 3.05) is 0 Å². The highest BCUT2D eigenvalue weighted by molar-refractivity contribution is 7.72. The van der Waals surface area contributed by atoms with Gasteiger partial charge in [0.15, 0.2) is 10.4 Å². The van der Waals surface area contributed by atoms with E-state index in [0.717, 1.165) is 30.0 Å². The first-order valence-electron chi connectivity index (χ1n) is 6.79. The summed E-state index contributed by atoms with van der Waals surface area (Å²) in [5, 5.41) is 0. The second kappa shape index (κ2) is 4.83. The summed E-state index contributed by atoms with van der Waals surface area (Å²) < 4.78 is 3.41. The molecule has 0 aromatic carbocycles. The van der Waals surface area contributed by atoms with Crippen molar-refractivity contribution < 1.29 is 0 Å². The van der Waals surface area contributed by atoms with Gasteiger partial charge in [-0.1, -0.05) is 26.1 Å². The summed E-state index contributed by atoms with van der Waals surface area (Å²) in [6.07, 6.45) is 3.53. The Balaban J connectivity index is 2.13. The molecule has 6 heteroatoms. The number of aromatic amines is 2. The van der Waals surface area contributed by atoms with Crippen molar-refractivity contribution in [1.82, 2.24) is 19.5 Å². The Morgan fingerprint density at radius 3 is 2.68 bits per heavy atom. The Bertz CT molecular complexity index is 718. The smallest absolute Gasteiger partial charge is 0.179 e. The minimum absolute atomic E-state index is 0.592. The summed E-state index contributed by atoms with van der Waals surface area (Å²) in [5.41, 5.74) is 1.84.